The number of rotatable bonds is 3. The third-order valence-electron chi connectivity index (χ3n) is 3.25. The molecule has 0 fully saturated rings. The SMILES string of the molecule is FC(F)(F)c1cnc(NCC2Cc3ccccc32)s1. The summed E-state index contributed by atoms with van der Waals surface area (Å²) in [6.07, 6.45) is -2.46. The average molecular weight is 284 g/mol. The summed E-state index contributed by atoms with van der Waals surface area (Å²) in [6, 6.07) is 8.13. The number of benzene rings is 1. The standard InChI is InChI=1S/C13H11F3N2S/c14-13(15,16)11-7-18-12(19-11)17-6-9-5-8-3-1-2-4-10(8)9/h1-4,7,9H,5-6H2,(H,17,18). The molecule has 1 aliphatic carbocycles. The van der Waals surface area contributed by atoms with Crippen molar-refractivity contribution in [2.45, 2.75) is 18.5 Å². The molecule has 0 amide bonds. The molecular formula is C13H11F3N2S. The summed E-state index contributed by atoms with van der Waals surface area (Å²) in [4.78, 5) is 3.09. The highest BCUT2D eigenvalue weighted by Gasteiger charge is 2.33. The molecule has 2 nitrogen and oxygen atoms in total. The lowest BCUT2D eigenvalue weighted by Gasteiger charge is -2.30. The van der Waals surface area contributed by atoms with Crippen LogP contribution < -0.4 is 5.32 Å². The van der Waals surface area contributed by atoms with Crippen LogP contribution >= 0.6 is 11.3 Å². The van der Waals surface area contributed by atoms with Gasteiger partial charge in [0.2, 0.25) is 0 Å². The van der Waals surface area contributed by atoms with Crippen LogP contribution in [-0.4, -0.2) is 11.5 Å². The van der Waals surface area contributed by atoms with Gasteiger partial charge in [-0.05, 0) is 17.5 Å². The van der Waals surface area contributed by atoms with Crippen molar-refractivity contribution in [3.8, 4) is 0 Å². The van der Waals surface area contributed by atoms with Crippen molar-refractivity contribution < 1.29 is 13.2 Å². The zero-order chi connectivity index (χ0) is 13.5. The zero-order valence-corrected chi connectivity index (χ0v) is 10.7. The van der Waals surface area contributed by atoms with Crippen molar-refractivity contribution in [2.24, 2.45) is 0 Å². The summed E-state index contributed by atoms with van der Waals surface area (Å²) < 4.78 is 37.3. The maximum atomic E-state index is 12.4. The molecule has 0 saturated heterocycles. The number of fused-ring (bicyclic) bond motifs is 1. The molecule has 0 bridgehead atoms. The van der Waals surface area contributed by atoms with Gasteiger partial charge in [0.05, 0.1) is 6.20 Å². The number of alkyl halides is 3. The van der Waals surface area contributed by atoms with E-state index in [0.717, 1.165) is 12.6 Å². The maximum Gasteiger partial charge on any atom is 0.427 e. The second-order valence-electron chi connectivity index (χ2n) is 4.51. The molecule has 1 atom stereocenters. The monoisotopic (exact) mass is 284 g/mol. The van der Waals surface area contributed by atoms with Gasteiger partial charge in [0.1, 0.15) is 4.88 Å². The summed E-state index contributed by atoms with van der Waals surface area (Å²) in [7, 11) is 0. The molecule has 1 N–H and O–H groups in total. The number of nitrogens with one attached hydrogen (secondary N) is 1. The highest BCUT2D eigenvalue weighted by Crippen LogP contribution is 2.37. The summed E-state index contributed by atoms with van der Waals surface area (Å²) in [5.74, 6) is 0.370. The summed E-state index contributed by atoms with van der Waals surface area (Å²) in [5, 5.41) is 3.32. The van der Waals surface area contributed by atoms with E-state index in [1.165, 1.54) is 11.1 Å². The first kappa shape index (κ1) is 12.5. The Kier molecular flexibility index (Phi) is 2.97. The second-order valence-corrected chi connectivity index (χ2v) is 5.54. The third kappa shape index (κ3) is 2.45. The number of anilines is 1. The normalized spacial score (nSPS) is 17.7. The fraction of sp³-hybridized carbons (Fsp3) is 0.308. The molecule has 100 valence electrons. The quantitative estimate of drug-likeness (QED) is 0.924. The number of aromatic nitrogens is 1. The van der Waals surface area contributed by atoms with Crippen molar-refractivity contribution in [1.29, 1.82) is 0 Å². The van der Waals surface area contributed by atoms with Crippen molar-refractivity contribution in [1.82, 2.24) is 4.98 Å². The fourth-order valence-electron chi connectivity index (χ4n) is 2.24. The highest BCUT2D eigenvalue weighted by molar-refractivity contribution is 7.15. The van der Waals surface area contributed by atoms with Gasteiger partial charge in [-0.15, -0.1) is 0 Å². The fourth-order valence-corrected chi connectivity index (χ4v) is 2.93. The molecule has 2 aromatic rings. The Morgan fingerprint density at radius 1 is 1.32 bits per heavy atom. The zero-order valence-electron chi connectivity index (χ0n) is 9.87. The minimum atomic E-state index is -4.30. The molecule has 19 heavy (non-hydrogen) atoms. The first-order valence-electron chi connectivity index (χ1n) is 5.89. The van der Waals surface area contributed by atoms with E-state index in [1.54, 1.807) is 0 Å². The molecule has 0 spiro atoms. The van der Waals surface area contributed by atoms with E-state index in [9.17, 15) is 13.2 Å². The number of hydrogen-bond donors (Lipinski definition) is 1. The van der Waals surface area contributed by atoms with Gasteiger partial charge >= 0.3 is 6.18 Å². The highest BCUT2D eigenvalue weighted by atomic mass is 32.1. The Hall–Kier alpha value is -1.56. The van der Waals surface area contributed by atoms with Crippen molar-refractivity contribution in [3.05, 3.63) is 46.5 Å². The van der Waals surface area contributed by atoms with Crippen LogP contribution in [0.25, 0.3) is 0 Å². The van der Waals surface area contributed by atoms with E-state index in [0.29, 0.717) is 28.9 Å². The Bertz CT molecular complexity index is 592. The summed E-state index contributed by atoms with van der Waals surface area (Å²) >= 11 is 0.650. The van der Waals surface area contributed by atoms with Crippen LogP contribution in [0, 0.1) is 0 Å². The topological polar surface area (TPSA) is 24.9 Å². The average Bonchev–Trinajstić information content (AvgIpc) is 2.79. The van der Waals surface area contributed by atoms with Gasteiger partial charge in [-0.2, -0.15) is 13.2 Å². The Labute approximate surface area is 112 Å². The predicted octanol–water partition coefficient (Wildman–Crippen LogP) is 3.91. The van der Waals surface area contributed by atoms with E-state index in [1.807, 2.05) is 12.1 Å². The first-order chi connectivity index (χ1) is 9.04. The smallest absolute Gasteiger partial charge is 0.361 e. The molecule has 1 aliphatic rings. The molecule has 3 rings (SSSR count). The molecule has 6 heteroatoms. The van der Waals surface area contributed by atoms with Crippen LogP contribution in [0.2, 0.25) is 0 Å². The van der Waals surface area contributed by atoms with Crippen LogP contribution in [0.4, 0.5) is 18.3 Å². The van der Waals surface area contributed by atoms with Gasteiger partial charge < -0.3 is 5.32 Å². The minimum absolute atomic E-state index is 0.330. The van der Waals surface area contributed by atoms with Crippen LogP contribution in [0.3, 0.4) is 0 Å². The lowest BCUT2D eigenvalue weighted by atomic mass is 9.78. The molecule has 1 aromatic heterocycles. The number of nitrogens with zero attached hydrogens (tertiary/aromatic N) is 1. The molecule has 0 radical (unpaired) electrons. The number of hydrogen-bond acceptors (Lipinski definition) is 3. The lowest BCUT2D eigenvalue weighted by molar-refractivity contribution is -0.134. The predicted molar refractivity (Wildman–Crippen MR) is 68.5 cm³/mol. The Morgan fingerprint density at radius 2 is 2.11 bits per heavy atom. The number of halogens is 3. The van der Waals surface area contributed by atoms with Crippen LogP contribution in [0.1, 0.15) is 21.9 Å². The molecular weight excluding hydrogens is 273 g/mol. The molecule has 1 heterocycles. The second kappa shape index (κ2) is 4.52. The van der Waals surface area contributed by atoms with Crippen LogP contribution in [-0.2, 0) is 12.6 Å². The van der Waals surface area contributed by atoms with Gasteiger partial charge in [-0.1, -0.05) is 35.6 Å². The van der Waals surface area contributed by atoms with Crippen molar-refractivity contribution in [2.75, 3.05) is 11.9 Å². The summed E-state index contributed by atoms with van der Waals surface area (Å²) in [6.45, 7) is 0.627. The Morgan fingerprint density at radius 3 is 2.79 bits per heavy atom. The van der Waals surface area contributed by atoms with Gasteiger partial charge in [-0.25, -0.2) is 4.98 Å². The number of thiazole rings is 1. The maximum absolute atomic E-state index is 12.4. The van der Waals surface area contributed by atoms with Gasteiger partial charge in [0.25, 0.3) is 0 Å². The van der Waals surface area contributed by atoms with Crippen LogP contribution in [0.15, 0.2) is 30.5 Å². The lowest BCUT2D eigenvalue weighted by Crippen LogP contribution is -2.24. The van der Waals surface area contributed by atoms with E-state index < -0.39 is 11.1 Å². The minimum Gasteiger partial charge on any atom is -0.361 e. The Balaban J connectivity index is 1.61. The molecule has 1 aromatic carbocycles. The van der Waals surface area contributed by atoms with Gasteiger partial charge in [0, 0.05) is 12.5 Å². The van der Waals surface area contributed by atoms with E-state index in [2.05, 4.69) is 22.4 Å². The van der Waals surface area contributed by atoms with Crippen molar-refractivity contribution >= 4 is 16.5 Å². The van der Waals surface area contributed by atoms with E-state index in [-0.39, 0.29) is 0 Å². The molecule has 0 saturated carbocycles. The molecule has 1 unspecified atom stereocenters. The van der Waals surface area contributed by atoms with E-state index >= 15 is 0 Å². The molecule has 0 aliphatic heterocycles. The third-order valence-corrected chi connectivity index (χ3v) is 4.25. The summed E-state index contributed by atoms with van der Waals surface area (Å²) in [5.41, 5.74) is 2.60. The van der Waals surface area contributed by atoms with Crippen molar-refractivity contribution in [3.63, 3.8) is 0 Å². The van der Waals surface area contributed by atoms with E-state index in [4.69, 9.17) is 0 Å². The largest absolute Gasteiger partial charge is 0.427 e. The van der Waals surface area contributed by atoms with Gasteiger partial charge in [-0.3, -0.25) is 0 Å². The first-order valence-corrected chi connectivity index (χ1v) is 6.70. The van der Waals surface area contributed by atoms with Crippen LogP contribution in [0.5, 0.6) is 0 Å². The van der Waals surface area contributed by atoms with Gasteiger partial charge in [0.15, 0.2) is 5.13 Å².